The molecular weight excluding hydrogens is 496 g/mol. The van der Waals surface area contributed by atoms with Gasteiger partial charge in [0.05, 0.1) is 20.8 Å². The van der Waals surface area contributed by atoms with E-state index >= 15 is 0 Å². The first-order chi connectivity index (χ1) is 17.8. The fourth-order valence-electron chi connectivity index (χ4n) is 3.14. The molecule has 0 aliphatic carbocycles. The Morgan fingerprint density at radius 2 is 1.49 bits per heavy atom. The average Bonchev–Trinajstić information content (AvgIpc) is 2.91. The molecule has 0 amide bonds. The fraction of sp³-hybridized carbons (Fsp3) is 0.296. The van der Waals surface area contributed by atoms with Crippen LogP contribution < -0.4 is 14.2 Å². The molecule has 0 atom stereocenters. The summed E-state index contributed by atoms with van der Waals surface area (Å²) in [5.74, 6) is -1.20. The zero-order valence-electron chi connectivity index (χ0n) is 21.1. The molecule has 198 valence electrons. The average molecular weight is 529 g/mol. The van der Waals surface area contributed by atoms with Crippen LogP contribution in [0.4, 0.5) is 0 Å². The van der Waals surface area contributed by atoms with E-state index in [0.29, 0.717) is 6.61 Å². The minimum Gasteiger partial charge on any atom is -0.494 e. The second-order valence-corrected chi connectivity index (χ2v) is 8.96. The van der Waals surface area contributed by atoms with Crippen molar-refractivity contribution in [2.75, 3.05) is 41.0 Å². The van der Waals surface area contributed by atoms with Gasteiger partial charge in [-0.25, -0.2) is 9.59 Å². The Labute approximate surface area is 221 Å². The highest BCUT2D eigenvalue weighted by Crippen LogP contribution is 2.29. The summed E-state index contributed by atoms with van der Waals surface area (Å²) >= 11 is 1.72. The van der Waals surface area contributed by atoms with Crippen molar-refractivity contribution in [1.29, 1.82) is 0 Å². The van der Waals surface area contributed by atoms with Crippen molar-refractivity contribution < 1.29 is 34.0 Å². The fourth-order valence-corrected chi connectivity index (χ4v) is 3.94. The van der Waals surface area contributed by atoms with E-state index in [2.05, 4.69) is 35.1 Å². The third kappa shape index (κ3) is 11.2. The Hall–Kier alpha value is -3.76. The van der Waals surface area contributed by atoms with Crippen molar-refractivity contribution in [2.24, 2.45) is 0 Å². The van der Waals surface area contributed by atoms with E-state index in [4.69, 9.17) is 34.0 Å². The minimum atomic E-state index is -1.82. The lowest BCUT2D eigenvalue weighted by Crippen LogP contribution is -2.23. The minimum absolute atomic E-state index is 0.706. The van der Waals surface area contributed by atoms with E-state index in [1.807, 2.05) is 48.8 Å². The van der Waals surface area contributed by atoms with Crippen LogP contribution in [0.3, 0.4) is 0 Å². The predicted octanol–water partition coefficient (Wildman–Crippen LogP) is 4.35. The van der Waals surface area contributed by atoms with E-state index in [1.165, 1.54) is 15.4 Å². The molecule has 0 fully saturated rings. The molecule has 0 spiro atoms. The van der Waals surface area contributed by atoms with Crippen LogP contribution in [0, 0.1) is 0 Å². The first kappa shape index (κ1) is 29.5. The van der Waals surface area contributed by atoms with Crippen molar-refractivity contribution >= 4 is 23.7 Å². The number of carboxylic acid groups (broad SMARTS) is 2. The van der Waals surface area contributed by atoms with E-state index in [-0.39, 0.29) is 0 Å². The van der Waals surface area contributed by atoms with Gasteiger partial charge in [0.1, 0.15) is 5.75 Å². The van der Waals surface area contributed by atoms with Crippen molar-refractivity contribution in [3.8, 4) is 17.2 Å². The van der Waals surface area contributed by atoms with E-state index in [9.17, 15) is 0 Å². The molecule has 0 aliphatic heterocycles. The number of hydrogen-bond acceptors (Lipinski definition) is 8. The highest BCUT2D eigenvalue weighted by Gasteiger charge is 2.06. The molecule has 0 unspecified atom stereocenters. The van der Waals surface area contributed by atoms with E-state index in [1.54, 1.807) is 26.0 Å². The van der Waals surface area contributed by atoms with Crippen molar-refractivity contribution in [3.05, 3.63) is 72.6 Å². The number of likely N-dealkylation sites (N-methyl/N-ethyl adjacent to an activating group) is 1. The van der Waals surface area contributed by atoms with Gasteiger partial charge in [-0.2, -0.15) is 0 Å². The number of carbonyl (C=O) groups is 2. The Balaban J connectivity index is 0.000000717. The monoisotopic (exact) mass is 528 g/mol. The van der Waals surface area contributed by atoms with Crippen LogP contribution >= 0.6 is 11.8 Å². The first-order valence-corrected chi connectivity index (χ1v) is 12.3. The SMILES string of the molecule is COc1ccc(CCN(C)CCCOc2ccc(Sc3ccncc3)cc2)cc1OC.O=C(O)C(=O)O. The highest BCUT2D eigenvalue weighted by atomic mass is 32.2. The third-order valence-corrected chi connectivity index (χ3v) is 6.09. The summed E-state index contributed by atoms with van der Waals surface area (Å²) in [5, 5.41) is 14.8. The molecule has 3 rings (SSSR count). The van der Waals surface area contributed by atoms with Gasteiger partial charge in [0.2, 0.25) is 0 Å². The molecule has 10 heteroatoms. The van der Waals surface area contributed by atoms with Gasteiger partial charge in [0, 0.05) is 35.3 Å². The summed E-state index contributed by atoms with van der Waals surface area (Å²) in [6.45, 7) is 2.68. The molecule has 1 aromatic heterocycles. The molecular formula is C27H32N2O7S. The molecule has 0 radical (unpaired) electrons. The number of aromatic nitrogens is 1. The van der Waals surface area contributed by atoms with Gasteiger partial charge in [-0.05, 0) is 74.0 Å². The Kier molecular flexibility index (Phi) is 12.8. The maximum absolute atomic E-state index is 9.10. The molecule has 3 aromatic rings. The van der Waals surface area contributed by atoms with Crippen LogP contribution in [0.1, 0.15) is 12.0 Å². The van der Waals surface area contributed by atoms with Crippen molar-refractivity contribution in [3.63, 3.8) is 0 Å². The maximum Gasteiger partial charge on any atom is 0.414 e. The molecule has 9 nitrogen and oxygen atoms in total. The lowest BCUT2D eigenvalue weighted by Gasteiger charge is -2.17. The quantitative estimate of drug-likeness (QED) is 0.259. The largest absolute Gasteiger partial charge is 0.494 e. The summed E-state index contributed by atoms with van der Waals surface area (Å²) in [4.78, 5) is 26.9. The number of carboxylic acids is 2. The molecule has 37 heavy (non-hydrogen) atoms. The Bertz CT molecular complexity index is 1100. The van der Waals surface area contributed by atoms with Gasteiger partial charge >= 0.3 is 11.9 Å². The topological polar surface area (TPSA) is 118 Å². The summed E-state index contributed by atoms with van der Waals surface area (Å²) < 4.78 is 16.6. The summed E-state index contributed by atoms with van der Waals surface area (Å²) in [6.07, 6.45) is 5.57. The van der Waals surface area contributed by atoms with Crippen LogP contribution in [0.2, 0.25) is 0 Å². The lowest BCUT2D eigenvalue weighted by atomic mass is 10.1. The Morgan fingerprint density at radius 1 is 0.865 bits per heavy atom. The number of hydrogen-bond donors (Lipinski definition) is 2. The van der Waals surface area contributed by atoms with Gasteiger partial charge in [-0.3, -0.25) is 4.98 Å². The number of nitrogens with zero attached hydrogens (tertiary/aromatic N) is 2. The van der Waals surface area contributed by atoms with Gasteiger partial charge < -0.3 is 29.3 Å². The van der Waals surface area contributed by atoms with Gasteiger partial charge in [-0.1, -0.05) is 17.8 Å². The van der Waals surface area contributed by atoms with Crippen molar-refractivity contribution in [1.82, 2.24) is 9.88 Å². The lowest BCUT2D eigenvalue weighted by molar-refractivity contribution is -0.159. The molecule has 2 N–H and O–H groups in total. The second kappa shape index (κ2) is 16.1. The predicted molar refractivity (Wildman–Crippen MR) is 141 cm³/mol. The number of pyridine rings is 1. The number of ether oxygens (including phenoxy) is 3. The molecule has 0 aliphatic rings. The van der Waals surface area contributed by atoms with Crippen LogP contribution in [0.25, 0.3) is 0 Å². The second-order valence-electron chi connectivity index (χ2n) is 7.81. The number of benzene rings is 2. The van der Waals surface area contributed by atoms with Crippen LogP contribution in [0.15, 0.2) is 76.8 Å². The number of rotatable bonds is 12. The summed E-state index contributed by atoms with van der Waals surface area (Å²) in [6, 6.07) is 18.4. The summed E-state index contributed by atoms with van der Waals surface area (Å²) in [5.41, 5.74) is 1.24. The Morgan fingerprint density at radius 3 is 2.08 bits per heavy atom. The highest BCUT2D eigenvalue weighted by molar-refractivity contribution is 7.99. The zero-order valence-corrected chi connectivity index (χ0v) is 21.9. The van der Waals surface area contributed by atoms with E-state index < -0.39 is 11.9 Å². The smallest absolute Gasteiger partial charge is 0.414 e. The van der Waals surface area contributed by atoms with Crippen LogP contribution in [-0.2, 0) is 16.0 Å². The normalized spacial score (nSPS) is 10.3. The number of aliphatic carboxylic acids is 2. The van der Waals surface area contributed by atoms with Gasteiger partial charge in [0.15, 0.2) is 11.5 Å². The van der Waals surface area contributed by atoms with Crippen LogP contribution in [0.5, 0.6) is 17.2 Å². The molecule has 2 aromatic carbocycles. The van der Waals surface area contributed by atoms with Crippen LogP contribution in [-0.4, -0.2) is 73.0 Å². The van der Waals surface area contributed by atoms with Gasteiger partial charge in [0.25, 0.3) is 0 Å². The van der Waals surface area contributed by atoms with Gasteiger partial charge in [-0.15, -0.1) is 0 Å². The third-order valence-electron chi connectivity index (χ3n) is 5.08. The molecule has 0 bridgehead atoms. The molecule has 1 heterocycles. The maximum atomic E-state index is 9.10. The number of methoxy groups -OCH3 is 2. The standard InChI is InChI=1S/C25H30N2O3S.C2H2O4/c1-27(17-13-20-5-10-24(28-2)25(19-20)29-3)16-4-18-30-21-6-8-22(9-7-21)31-23-11-14-26-15-12-23;3-1(4)2(5)6/h5-12,14-15,19H,4,13,16-18H2,1-3H3;(H,3,4)(H,5,6). The molecule has 0 saturated heterocycles. The molecule has 0 saturated carbocycles. The zero-order chi connectivity index (χ0) is 27.0. The summed E-state index contributed by atoms with van der Waals surface area (Å²) in [7, 11) is 5.47. The van der Waals surface area contributed by atoms with Crippen molar-refractivity contribution in [2.45, 2.75) is 22.6 Å². The first-order valence-electron chi connectivity index (χ1n) is 11.5. The van der Waals surface area contributed by atoms with E-state index in [0.717, 1.165) is 43.2 Å².